The van der Waals surface area contributed by atoms with Crippen LogP contribution in [-0.2, 0) is 9.59 Å². The molecule has 0 saturated heterocycles. The van der Waals surface area contributed by atoms with E-state index in [0.717, 1.165) is 16.8 Å². The highest BCUT2D eigenvalue weighted by atomic mass is 16.2. The third kappa shape index (κ3) is 1.78. The maximum absolute atomic E-state index is 11.7. The fourth-order valence-corrected chi connectivity index (χ4v) is 1.94. The van der Waals surface area contributed by atoms with Gasteiger partial charge in [0.2, 0.25) is 11.8 Å². The standard InChI is InChI=1S/C12H14N2O2/c1-7-3-4-10-8(5-7)9(12(16)14-10)6-11(15)13-2/h3-5,9H,6H2,1-2H3,(H,13,15)(H,14,16). The van der Waals surface area contributed by atoms with E-state index in [9.17, 15) is 9.59 Å². The van der Waals surface area contributed by atoms with Crippen LogP contribution in [0.15, 0.2) is 18.2 Å². The minimum Gasteiger partial charge on any atom is -0.359 e. The van der Waals surface area contributed by atoms with Gasteiger partial charge in [-0.15, -0.1) is 0 Å². The van der Waals surface area contributed by atoms with Gasteiger partial charge in [0.1, 0.15) is 0 Å². The summed E-state index contributed by atoms with van der Waals surface area (Å²) in [5.74, 6) is -0.562. The van der Waals surface area contributed by atoms with Gasteiger partial charge < -0.3 is 10.6 Å². The molecule has 1 unspecified atom stereocenters. The third-order valence-corrected chi connectivity index (χ3v) is 2.83. The van der Waals surface area contributed by atoms with E-state index in [2.05, 4.69) is 10.6 Å². The van der Waals surface area contributed by atoms with Gasteiger partial charge in [0, 0.05) is 19.2 Å². The van der Waals surface area contributed by atoms with Gasteiger partial charge in [-0.3, -0.25) is 9.59 Å². The second-order valence-electron chi connectivity index (χ2n) is 4.01. The number of fused-ring (bicyclic) bond motifs is 1. The molecule has 0 fully saturated rings. The van der Waals surface area contributed by atoms with E-state index < -0.39 is 0 Å². The highest BCUT2D eigenvalue weighted by Gasteiger charge is 2.31. The average molecular weight is 218 g/mol. The first-order valence-corrected chi connectivity index (χ1v) is 5.24. The Morgan fingerprint density at radius 3 is 2.94 bits per heavy atom. The summed E-state index contributed by atoms with van der Waals surface area (Å²) in [4.78, 5) is 23.0. The molecule has 1 aliphatic heterocycles. The van der Waals surface area contributed by atoms with Gasteiger partial charge in [0.05, 0.1) is 5.92 Å². The number of nitrogens with one attached hydrogen (secondary N) is 2. The fraction of sp³-hybridized carbons (Fsp3) is 0.333. The first-order valence-electron chi connectivity index (χ1n) is 5.24. The van der Waals surface area contributed by atoms with E-state index in [0.29, 0.717) is 0 Å². The lowest BCUT2D eigenvalue weighted by molar-refractivity contribution is -0.124. The first kappa shape index (κ1) is 10.7. The smallest absolute Gasteiger partial charge is 0.232 e. The summed E-state index contributed by atoms with van der Waals surface area (Å²) >= 11 is 0. The highest BCUT2D eigenvalue weighted by Crippen LogP contribution is 2.35. The van der Waals surface area contributed by atoms with E-state index in [1.165, 1.54) is 0 Å². The Bertz CT molecular complexity index is 454. The lowest BCUT2D eigenvalue weighted by Gasteiger charge is -2.07. The summed E-state index contributed by atoms with van der Waals surface area (Å²) in [7, 11) is 1.58. The second kappa shape index (κ2) is 3.96. The van der Waals surface area contributed by atoms with E-state index in [4.69, 9.17) is 0 Å². The van der Waals surface area contributed by atoms with Crippen LogP contribution in [0.2, 0.25) is 0 Å². The Morgan fingerprint density at radius 1 is 1.50 bits per heavy atom. The van der Waals surface area contributed by atoms with Gasteiger partial charge in [-0.05, 0) is 18.6 Å². The van der Waals surface area contributed by atoms with Gasteiger partial charge in [0.15, 0.2) is 0 Å². The molecule has 1 aliphatic rings. The average Bonchev–Trinajstić information content (AvgIpc) is 2.55. The number of carbonyl (C=O) groups is 2. The summed E-state index contributed by atoms with van der Waals surface area (Å²) in [6.45, 7) is 1.97. The maximum Gasteiger partial charge on any atom is 0.232 e. The largest absolute Gasteiger partial charge is 0.359 e. The molecule has 0 aromatic heterocycles. The predicted octanol–water partition coefficient (Wildman–Crippen LogP) is 1.17. The summed E-state index contributed by atoms with van der Waals surface area (Å²) in [6.07, 6.45) is 0.207. The lowest BCUT2D eigenvalue weighted by atomic mass is 9.95. The molecule has 1 atom stereocenters. The van der Waals surface area contributed by atoms with E-state index >= 15 is 0 Å². The number of benzene rings is 1. The van der Waals surface area contributed by atoms with Crippen LogP contribution in [0.5, 0.6) is 0 Å². The lowest BCUT2D eigenvalue weighted by Crippen LogP contribution is -2.23. The fourth-order valence-electron chi connectivity index (χ4n) is 1.94. The van der Waals surface area contributed by atoms with Crippen LogP contribution in [0.1, 0.15) is 23.5 Å². The van der Waals surface area contributed by atoms with Gasteiger partial charge in [-0.1, -0.05) is 17.7 Å². The zero-order valence-corrected chi connectivity index (χ0v) is 9.33. The minimum atomic E-state index is -0.352. The van der Waals surface area contributed by atoms with Gasteiger partial charge in [-0.2, -0.15) is 0 Å². The van der Waals surface area contributed by atoms with Crippen molar-refractivity contribution in [3.05, 3.63) is 29.3 Å². The van der Waals surface area contributed by atoms with E-state index in [1.54, 1.807) is 7.05 Å². The van der Waals surface area contributed by atoms with Crippen LogP contribution in [0.4, 0.5) is 5.69 Å². The van der Waals surface area contributed by atoms with Crippen molar-refractivity contribution in [1.29, 1.82) is 0 Å². The molecule has 0 spiro atoms. The minimum absolute atomic E-state index is 0.0933. The number of hydrogen-bond acceptors (Lipinski definition) is 2. The normalized spacial score (nSPS) is 17.9. The molecule has 0 bridgehead atoms. The van der Waals surface area contributed by atoms with Crippen molar-refractivity contribution in [3.63, 3.8) is 0 Å². The Kier molecular flexibility index (Phi) is 2.64. The summed E-state index contributed by atoms with van der Waals surface area (Å²) in [6, 6.07) is 5.79. The van der Waals surface area contributed by atoms with Crippen LogP contribution < -0.4 is 10.6 Å². The predicted molar refractivity (Wildman–Crippen MR) is 61.2 cm³/mol. The number of hydrogen-bond donors (Lipinski definition) is 2. The van der Waals surface area contributed by atoms with Crippen molar-refractivity contribution < 1.29 is 9.59 Å². The molecular weight excluding hydrogens is 204 g/mol. The van der Waals surface area contributed by atoms with Gasteiger partial charge >= 0.3 is 0 Å². The second-order valence-corrected chi connectivity index (χ2v) is 4.01. The Morgan fingerprint density at radius 2 is 2.25 bits per heavy atom. The molecule has 0 saturated carbocycles. The first-order chi connectivity index (χ1) is 7.61. The number of carbonyl (C=O) groups excluding carboxylic acids is 2. The Hall–Kier alpha value is -1.84. The molecule has 2 N–H and O–H groups in total. The van der Waals surface area contributed by atoms with Crippen LogP contribution in [0.25, 0.3) is 0 Å². The summed E-state index contributed by atoms with van der Waals surface area (Å²) in [5.41, 5.74) is 2.84. The highest BCUT2D eigenvalue weighted by molar-refractivity contribution is 6.04. The molecule has 0 radical (unpaired) electrons. The quantitative estimate of drug-likeness (QED) is 0.782. The molecule has 2 amide bonds. The third-order valence-electron chi connectivity index (χ3n) is 2.83. The molecular formula is C12H14N2O2. The number of amides is 2. The molecule has 1 aromatic rings. The van der Waals surface area contributed by atoms with Crippen LogP contribution in [-0.4, -0.2) is 18.9 Å². The molecule has 84 valence electrons. The topological polar surface area (TPSA) is 58.2 Å². The van der Waals surface area contributed by atoms with E-state index in [-0.39, 0.29) is 24.2 Å². The van der Waals surface area contributed by atoms with Crippen molar-refractivity contribution in [2.24, 2.45) is 0 Å². The number of aryl methyl sites for hydroxylation is 1. The van der Waals surface area contributed by atoms with Crippen LogP contribution in [0, 0.1) is 6.92 Å². The zero-order chi connectivity index (χ0) is 11.7. The van der Waals surface area contributed by atoms with Gasteiger partial charge in [-0.25, -0.2) is 0 Å². The van der Waals surface area contributed by atoms with Crippen molar-refractivity contribution >= 4 is 17.5 Å². The van der Waals surface area contributed by atoms with Crippen LogP contribution >= 0.6 is 0 Å². The zero-order valence-electron chi connectivity index (χ0n) is 9.33. The molecule has 1 heterocycles. The van der Waals surface area contributed by atoms with Crippen LogP contribution in [0.3, 0.4) is 0 Å². The molecule has 16 heavy (non-hydrogen) atoms. The number of rotatable bonds is 2. The molecule has 4 nitrogen and oxygen atoms in total. The number of anilines is 1. The molecule has 4 heteroatoms. The van der Waals surface area contributed by atoms with Crippen molar-refractivity contribution in [2.75, 3.05) is 12.4 Å². The SMILES string of the molecule is CNC(=O)CC1C(=O)Nc2ccc(C)cc21. The van der Waals surface area contributed by atoms with Gasteiger partial charge in [0.25, 0.3) is 0 Å². The summed E-state index contributed by atoms with van der Waals surface area (Å²) < 4.78 is 0. The molecule has 2 rings (SSSR count). The molecule has 0 aliphatic carbocycles. The van der Waals surface area contributed by atoms with E-state index in [1.807, 2.05) is 25.1 Å². The maximum atomic E-state index is 11.7. The Balaban J connectivity index is 2.31. The van der Waals surface area contributed by atoms with Crippen molar-refractivity contribution in [2.45, 2.75) is 19.3 Å². The Labute approximate surface area is 94.0 Å². The van der Waals surface area contributed by atoms with Crippen molar-refractivity contribution in [1.82, 2.24) is 5.32 Å². The summed E-state index contributed by atoms with van der Waals surface area (Å²) in [5, 5.41) is 5.32. The van der Waals surface area contributed by atoms with Crippen molar-refractivity contribution in [3.8, 4) is 0 Å². The molecule has 1 aromatic carbocycles. The monoisotopic (exact) mass is 218 g/mol.